The van der Waals surface area contributed by atoms with Crippen molar-refractivity contribution >= 4 is 23.2 Å². The van der Waals surface area contributed by atoms with E-state index in [2.05, 4.69) is 0 Å². The Hall–Kier alpha value is -3.62. The monoisotopic (exact) mass is 485 g/mol. The molecule has 1 amide bonds. The first-order valence-corrected chi connectivity index (χ1v) is 11.1. The lowest BCUT2D eigenvalue weighted by Crippen LogP contribution is -2.31. The van der Waals surface area contributed by atoms with Crippen molar-refractivity contribution in [2.45, 2.75) is 39.7 Å². The van der Waals surface area contributed by atoms with Crippen LogP contribution in [0.5, 0.6) is 17.2 Å². The fraction of sp³-hybridized carbons (Fsp3) is 0.423. The molecule has 1 heterocycles. The van der Waals surface area contributed by atoms with Gasteiger partial charge in [0, 0.05) is 31.6 Å². The van der Waals surface area contributed by atoms with E-state index in [4.69, 9.17) is 19.6 Å². The van der Waals surface area contributed by atoms with Crippen LogP contribution in [0.25, 0.3) is 0 Å². The Morgan fingerprint density at radius 3 is 2.23 bits per heavy atom. The Kier molecular flexibility index (Phi) is 7.10. The highest BCUT2D eigenvalue weighted by molar-refractivity contribution is 6.06. The van der Waals surface area contributed by atoms with E-state index in [-0.39, 0.29) is 53.1 Å². The summed E-state index contributed by atoms with van der Waals surface area (Å²) in [6.07, 6.45) is 0. The van der Waals surface area contributed by atoms with Crippen molar-refractivity contribution in [2.75, 3.05) is 39.8 Å². The second-order valence-corrected chi connectivity index (χ2v) is 9.49. The van der Waals surface area contributed by atoms with E-state index in [1.165, 1.54) is 38.1 Å². The highest BCUT2D eigenvalue weighted by Gasteiger charge is 2.33. The Bertz CT molecular complexity index is 1200. The second-order valence-electron chi connectivity index (χ2n) is 9.49. The van der Waals surface area contributed by atoms with Crippen LogP contribution in [-0.4, -0.2) is 57.3 Å². The lowest BCUT2D eigenvalue weighted by Gasteiger charge is -2.28. The number of carbonyl (C=O) groups excluding carboxylic acids is 2. The van der Waals surface area contributed by atoms with Crippen molar-refractivity contribution in [3.63, 3.8) is 0 Å². The van der Waals surface area contributed by atoms with Gasteiger partial charge >= 0.3 is 0 Å². The lowest BCUT2D eigenvalue weighted by molar-refractivity contribution is -0.116. The summed E-state index contributed by atoms with van der Waals surface area (Å²) in [5, 5.41) is 8.52. The van der Waals surface area contributed by atoms with E-state index in [1.54, 1.807) is 25.2 Å². The van der Waals surface area contributed by atoms with Gasteiger partial charge in [-0.25, -0.2) is 4.39 Å². The molecule has 0 saturated heterocycles. The summed E-state index contributed by atoms with van der Waals surface area (Å²) in [7, 11) is 5.90. The molecule has 1 N–H and O–H groups in total. The quantitative estimate of drug-likeness (QED) is 0.593. The number of amidine groups is 1. The summed E-state index contributed by atoms with van der Waals surface area (Å²) in [6, 6.07) is 5.01. The highest BCUT2D eigenvalue weighted by atomic mass is 19.1. The number of fused-ring (bicyclic) bond motifs is 1. The van der Waals surface area contributed by atoms with Crippen LogP contribution < -0.4 is 19.1 Å². The molecule has 1 aliphatic heterocycles. The van der Waals surface area contributed by atoms with E-state index in [0.29, 0.717) is 22.6 Å². The van der Waals surface area contributed by atoms with E-state index in [0.717, 1.165) is 5.56 Å². The number of hydrogen-bond acceptors (Lipinski definition) is 6. The van der Waals surface area contributed by atoms with Crippen molar-refractivity contribution in [1.29, 1.82) is 5.41 Å². The van der Waals surface area contributed by atoms with Crippen molar-refractivity contribution < 1.29 is 28.2 Å². The van der Waals surface area contributed by atoms with Crippen LogP contribution in [0.4, 0.5) is 10.1 Å². The van der Waals surface area contributed by atoms with Crippen LogP contribution in [0.1, 0.15) is 54.7 Å². The number of amides is 1. The van der Waals surface area contributed by atoms with Gasteiger partial charge in [-0.3, -0.25) is 15.0 Å². The topological polar surface area (TPSA) is 92.2 Å². The predicted octanol–water partition coefficient (Wildman–Crippen LogP) is 4.16. The SMILES string of the molecule is COc1cc2c(c(F)c1OC)C(=N)N(CC(=O)c1cc(N(C)C(C)=O)c(OC)c(C(C)(C)C)c1)C2. The first kappa shape index (κ1) is 26.0. The molecular weight excluding hydrogens is 453 g/mol. The van der Waals surface area contributed by atoms with Crippen LogP contribution in [0.3, 0.4) is 0 Å². The summed E-state index contributed by atoms with van der Waals surface area (Å²) in [5.41, 5.74) is 1.89. The van der Waals surface area contributed by atoms with Gasteiger partial charge in [0.1, 0.15) is 11.6 Å². The number of methoxy groups -OCH3 is 3. The van der Waals surface area contributed by atoms with Gasteiger partial charge in [-0.05, 0) is 29.2 Å². The minimum Gasteiger partial charge on any atom is -0.494 e. The Morgan fingerprint density at radius 2 is 1.71 bits per heavy atom. The van der Waals surface area contributed by atoms with Crippen LogP contribution in [0, 0.1) is 11.2 Å². The Balaban J connectivity index is 2.01. The fourth-order valence-electron chi connectivity index (χ4n) is 4.19. The standard InChI is InChI=1S/C26H32FN3O5/c1-14(31)29(5)18-10-15(9-17(23(18)34-7)26(2,3)4)19(32)13-30-12-16-11-20(33-6)24(35-8)22(27)21(16)25(30)28/h9-11,28H,12-13H2,1-8H3. The maximum atomic E-state index is 15.1. The number of ketones is 1. The molecule has 35 heavy (non-hydrogen) atoms. The summed E-state index contributed by atoms with van der Waals surface area (Å²) in [4.78, 5) is 28.5. The van der Waals surface area contributed by atoms with Crippen molar-refractivity contribution in [3.8, 4) is 17.2 Å². The fourth-order valence-corrected chi connectivity index (χ4v) is 4.19. The molecule has 2 aromatic rings. The smallest absolute Gasteiger partial charge is 0.223 e. The lowest BCUT2D eigenvalue weighted by atomic mass is 9.84. The molecular formula is C26H32FN3O5. The third-order valence-corrected chi connectivity index (χ3v) is 6.18. The zero-order valence-corrected chi connectivity index (χ0v) is 21.5. The van der Waals surface area contributed by atoms with Gasteiger partial charge in [-0.15, -0.1) is 0 Å². The number of ether oxygens (including phenoxy) is 3. The summed E-state index contributed by atoms with van der Waals surface area (Å²) < 4.78 is 31.1. The number of anilines is 1. The first-order chi connectivity index (χ1) is 16.3. The van der Waals surface area contributed by atoms with Crippen LogP contribution >= 0.6 is 0 Å². The van der Waals surface area contributed by atoms with Crippen molar-refractivity contribution in [1.82, 2.24) is 4.90 Å². The van der Waals surface area contributed by atoms with Crippen molar-refractivity contribution in [3.05, 3.63) is 46.3 Å². The van der Waals surface area contributed by atoms with Crippen LogP contribution in [-0.2, 0) is 16.8 Å². The number of rotatable bonds is 7. The third-order valence-electron chi connectivity index (χ3n) is 6.18. The van der Waals surface area contributed by atoms with Gasteiger partial charge in [0.25, 0.3) is 0 Å². The van der Waals surface area contributed by atoms with Gasteiger partial charge < -0.3 is 24.0 Å². The highest BCUT2D eigenvalue weighted by Crippen LogP contribution is 2.41. The molecule has 0 saturated carbocycles. The largest absolute Gasteiger partial charge is 0.494 e. The minimum atomic E-state index is -0.688. The summed E-state index contributed by atoms with van der Waals surface area (Å²) in [5.74, 6) is -0.591. The van der Waals surface area contributed by atoms with Crippen molar-refractivity contribution in [2.24, 2.45) is 0 Å². The molecule has 188 valence electrons. The molecule has 3 rings (SSSR count). The predicted molar refractivity (Wildman–Crippen MR) is 132 cm³/mol. The molecule has 8 nitrogen and oxygen atoms in total. The average molecular weight is 486 g/mol. The third kappa shape index (κ3) is 4.67. The number of nitrogens with zero attached hydrogens (tertiary/aromatic N) is 2. The van der Waals surface area contributed by atoms with E-state index in [1.807, 2.05) is 20.8 Å². The van der Waals surface area contributed by atoms with Crippen LogP contribution in [0.2, 0.25) is 0 Å². The molecule has 0 fully saturated rings. The molecule has 0 spiro atoms. The van der Waals surface area contributed by atoms with E-state index in [9.17, 15) is 9.59 Å². The average Bonchev–Trinajstić information content (AvgIpc) is 3.11. The first-order valence-electron chi connectivity index (χ1n) is 11.1. The van der Waals surface area contributed by atoms with Gasteiger partial charge in [0.15, 0.2) is 23.1 Å². The van der Waals surface area contributed by atoms with Gasteiger partial charge in [-0.2, -0.15) is 0 Å². The number of halogens is 1. The molecule has 0 atom stereocenters. The second kappa shape index (κ2) is 9.56. The number of Topliss-reactive ketones (excluding diaryl/α,β-unsaturated/α-hetero) is 1. The molecule has 1 aliphatic rings. The van der Waals surface area contributed by atoms with Gasteiger partial charge in [0.2, 0.25) is 5.91 Å². The molecule has 2 aromatic carbocycles. The zero-order chi connectivity index (χ0) is 26.2. The number of benzene rings is 2. The summed E-state index contributed by atoms with van der Waals surface area (Å²) in [6.45, 7) is 7.45. The Labute approximate surface area is 205 Å². The summed E-state index contributed by atoms with van der Waals surface area (Å²) >= 11 is 0. The van der Waals surface area contributed by atoms with Crippen LogP contribution in [0.15, 0.2) is 18.2 Å². The normalized spacial score (nSPS) is 12.9. The number of hydrogen-bond donors (Lipinski definition) is 1. The Morgan fingerprint density at radius 1 is 1.09 bits per heavy atom. The van der Waals surface area contributed by atoms with E-state index < -0.39 is 5.82 Å². The van der Waals surface area contributed by atoms with E-state index >= 15 is 4.39 Å². The molecule has 9 heteroatoms. The maximum Gasteiger partial charge on any atom is 0.223 e. The van der Waals surface area contributed by atoms with Gasteiger partial charge in [0.05, 0.1) is 39.1 Å². The molecule has 0 unspecified atom stereocenters. The number of nitrogens with one attached hydrogen (secondary N) is 1. The molecule has 0 bridgehead atoms. The molecule has 0 aromatic heterocycles. The van der Waals surface area contributed by atoms with Gasteiger partial charge in [-0.1, -0.05) is 20.8 Å². The zero-order valence-electron chi connectivity index (χ0n) is 21.5. The maximum absolute atomic E-state index is 15.1. The minimum absolute atomic E-state index is 0.0777. The molecule has 0 radical (unpaired) electrons. The number of carbonyl (C=O) groups is 2. The molecule has 0 aliphatic carbocycles.